The number of nitrogens with zero attached hydrogens (tertiary/aromatic N) is 1. The molecule has 1 aromatic rings. The molecule has 1 aliphatic rings. The normalized spacial score (nSPS) is 24.8. The van der Waals surface area contributed by atoms with Crippen LogP contribution < -0.4 is 0 Å². The predicted octanol–water partition coefficient (Wildman–Crippen LogP) is 3.06. The number of benzene rings is 1. The fourth-order valence-electron chi connectivity index (χ4n) is 2.08. The Morgan fingerprint density at radius 1 is 1.44 bits per heavy atom. The maximum atomic E-state index is 9.08. The Hall–Kier alpha value is -1.75. The topological polar surface area (TPSA) is 33.0 Å². The van der Waals surface area contributed by atoms with E-state index in [1.807, 2.05) is 31.2 Å². The van der Waals surface area contributed by atoms with Gasteiger partial charge in [-0.15, -0.1) is 0 Å². The monoisotopic (exact) mass is 213 g/mol. The summed E-state index contributed by atoms with van der Waals surface area (Å²) in [5.41, 5.74) is 0.851. The van der Waals surface area contributed by atoms with Crippen molar-refractivity contribution in [1.29, 1.82) is 5.26 Å². The number of ether oxygens (including phenoxy) is 1. The van der Waals surface area contributed by atoms with E-state index in [0.717, 1.165) is 12.8 Å². The van der Waals surface area contributed by atoms with Crippen molar-refractivity contribution in [2.45, 2.75) is 25.4 Å². The Labute approximate surface area is 96.2 Å². The molecule has 0 N–H and O–H groups in total. The summed E-state index contributed by atoms with van der Waals surface area (Å²) in [4.78, 5) is 0. The first-order valence-electron chi connectivity index (χ1n) is 5.53. The molecule has 0 amide bonds. The van der Waals surface area contributed by atoms with Crippen molar-refractivity contribution in [2.24, 2.45) is 5.92 Å². The van der Waals surface area contributed by atoms with Gasteiger partial charge in [-0.3, -0.25) is 0 Å². The van der Waals surface area contributed by atoms with Gasteiger partial charge in [-0.25, -0.2) is 0 Å². The molecule has 0 aliphatic carbocycles. The zero-order valence-electron chi connectivity index (χ0n) is 9.39. The zero-order chi connectivity index (χ0) is 11.4. The van der Waals surface area contributed by atoms with Gasteiger partial charge in [0.05, 0.1) is 18.2 Å². The largest absolute Gasteiger partial charge is 0.493 e. The van der Waals surface area contributed by atoms with Gasteiger partial charge >= 0.3 is 0 Å². The SMILES string of the molecule is CC(C#N)C1(Cc2ccccc2)CC=CO1. The van der Waals surface area contributed by atoms with Crippen molar-refractivity contribution >= 4 is 0 Å². The lowest BCUT2D eigenvalue weighted by molar-refractivity contribution is 0.0141. The highest BCUT2D eigenvalue weighted by Gasteiger charge is 2.39. The maximum absolute atomic E-state index is 9.08. The average Bonchev–Trinajstić information content (AvgIpc) is 2.79. The van der Waals surface area contributed by atoms with E-state index in [9.17, 15) is 0 Å². The van der Waals surface area contributed by atoms with Gasteiger partial charge in [-0.05, 0) is 18.6 Å². The molecular formula is C14H15NO. The molecule has 0 spiro atoms. The van der Waals surface area contributed by atoms with E-state index in [0.29, 0.717) is 0 Å². The quantitative estimate of drug-likeness (QED) is 0.773. The lowest BCUT2D eigenvalue weighted by atomic mass is 9.82. The molecule has 0 bridgehead atoms. The molecule has 2 atom stereocenters. The molecule has 16 heavy (non-hydrogen) atoms. The molecular weight excluding hydrogens is 198 g/mol. The van der Waals surface area contributed by atoms with Crippen LogP contribution in [0.15, 0.2) is 42.7 Å². The van der Waals surface area contributed by atoms with Gasteiger partial charge < -0.3 is 4.74 Å². The van der Waals surface area contributed by atoms with Crippen LogP contribution in [0, 0.1) is 17.2 Å². The zero-order valence-corrected chi connectivity index (χ0v) is 9.39. The van der Waals surface area contributed by atoms with Gasteiger partial charge in [0.15, 0.2) is 0 Å². The Bertz CT molecular complexity index is 408. The smallest absolute Gasteiger partial charge is 0.131 e. The first-order valence-corrected chi connectivity index (χ1v) is 5.53. The van der Waals surface area contributed by atoms with Crippen LogP contribution in [0.25, 0.3) is 0 Å². The van der Waals surface area contributed by atoms with E-state index in [1.54, 1.807) is 6.26 Å². The summed E-state index contributed by atoms with van der Waals surface area (Å²) in [6.45, 7) is 1.93. The fourth-order valence-corrected chi connectivity index (χ4v) is 2.08. The van der Waals surface area contributed by atoms with Crippen LogP contribution in [0.2, 0.25) is 0 Å². The van der Waals surface area contributed by atoms with Gasteiger partial charge in [-0.1, -0.05) is 30.3 Å². The second kappa shape index (κ2) is 4.40. The first-order chi connectivity index (χ1) is 7.77. The van der Waals surface area contributed by atoms with Gasteiger partial charge in [0.1, 0.15) is 5.60 Å². The van der Waals surface area contributed by atoms with Crippen molar-refractivity contribution in [3.63, 3.8) is 0 Å². The molecule has 0 fully saturated rings. The Morgan fingerprint density at radius 3 is 2.75 bits per heavy atom. The van der Waals surface area contributed by atoms with Crippen LogP contribution in [0.4, 0.5) is 0 Å². The van der Waals surface area contributed by atoms with Crippen LogP contribution >= 0.6 is 0 Å². The van der Waals surface area contributed by atoms with Gasteiger partial charge in [0.2, 0.25) is 0 Å². The second-order valence-electron chi connectivity index (χ2n) is 4.27. The van der Waals surface area contributed by atoms with Gasteiger partial charge in [-0.2, -0.15) is 5.26 Å². The summed E-state index contributed by atoms with van der Waals surface area (Å²) < 4.78 is 5.69. The van der Waals surface area contributed by atoms with E-state index in [1.165, 1.54) is 5.56 Å². The molecule has 2 nitrogen and oxygen atoms in total. The molecule has 0 saturated carbocycles. The van der Waals surface area contributed by atoms with Crippen molar-refractivity contribution in [3.05, 3.63) is 48.2 Å². The maximum Gasteiger partial charge on any atom is 0.131 e. The Morgan fingerprint density at radius 2 is 2.19 bits per heavy atom. The Balaban J connectivity index is 2.19. The fraction of sp³-hybridized carbons (Fsp3) is 0.357. The van der Waals surface area contributed by atoms with Crippen LogP contribution in [0.3, 0.4) is 0 Å². The number of rotatable bonds is 3. The van der Waals surface area contributed by atoms with E-state index >= 15 is 0 Å². The summed E-state index contributed by atoms with van der Waals surface area (Å²) in [5, 5.41) is 9.08. The molecule has 0 aromatic heterocycles. The third kappa shape index (κ3) is 1.94. The summed E-state index contributed by atoms with van der Waals surface area (Å²) >= 11 is 0. The molecule has 82 valence electrons. The molecule has 2 rings (SSSR count). The van der Waals surface area contributed by atoms with Crippen LogP contribution in [-0.4, -0.2) is 5.60 Å². The molecule has 0 radical (unpaired) electrons. The highest BCUT2D eigenvalue weighted by atomic mass is 16.5. The number of hydrogen-bond donors (Lipinski definition) is 0. The highest BCUT2D eigenvalue weighted by Crippen LogP contribution is 2.34. The van der Waals surface area contributed by atoms with Gasteiger partial charge in [0, 0.05) is 12.8 Å². The summed E-state index contributed by atoms with van der Waals surface area (Å²) in [6.07, 6.45) is 5.32. The number of hydrogen-bond acceptors (Lipinski definition) is 2. The van der Waals surface area contributed by atoms with Gasteiger partial charge in [0.25, 0.3) is 0 Å². The predicted molar refractivity (Wildman–Crippen MR) is 62.5 cm³/mol. The molecule has 1 aliphatic heterocycles. The van der Waals surface area contributed by atoms with E-state index in [2.05, 4.69) is 18.2 Å². The molecule has 1 aromatic carbocycles. The Kier molecular flexibility index (Phi) is 2.96. The highest BCUT2D eigenvalue weighted by molar-refractivity contribution is 5.20. The van der Waals surface area contributed by atoms with Crippen molar-refractivity contribution in [1.82, 2.24) is 0 Å². The standard InChI is InChI=1S/C14H15NO/c1-12(11-15)14(8-5-9-16-14)10-13-6-3-2-4-7-13/h2-7,9,12H,8,10H2,1H3. The minimum Gasteiger partial charge on any atom is -0.493 e. The second-order valence-corrected chi connectivity index (χ2v) is 4.27. The van der Waals surface area contributed by atoms with E-state index in [4.69, 9.17) is 10.00 Å². The minimum absolute atomic E-state index is 0.109. The minimum atomic E-state index is -0.365. The summed E-state index contributed by atoms with van der Waals surface area (Å²) in [6, 6.07) is 12.5. The third-order valence-corrected chi connectivity index (χ3v) is 3.19. The van der Waals surface area contributed by atoms with Crippen LogP contribution in [-0.2, 0) is 11.2 Å². The molecule has 2 unspecified atom stereocenters. The summed E-state index contributed by atoms with van der Waals surface area (Å²) in [7, 11) is 0. The average molecular weight is 213 g/mol. The summed E-state index contributed by atoms with van der Waals surface area (Å²) in [5.74, 6) is -0.109. The van der Waals surface area contributed by atoms with Crippen molar-refractivity contribution in [3.8, 4) is 6.07 Å². The lowest BCUT2D eigenvalue weighted by Crippen LogP contribution is -2.37. The van der Waals surface area contributed by atoms with Crippen LogP contribution in [0.5, 0.6) is 0 Å². The van der Waals surface area contributed by atoms with E-state index < -0.39 is 0 Å². The molecule has 2 heteroatoms. The van der Waals surface area contributed by atoms with Crippen molar-refractivity contribution in [2.75, 3.05) is 0 Å². The first kappa shape index (κ1) is 10.8. The molecule has 1 heterocycles. The van der Waals surface area contributed by atoms with E-state index in [-0.39, 0.29) is 11.5 Å². The number of nitriles is 1. The molecule has 0 saturated heterocycles. The van der Waals surface area contributed by atoms with Crippen molar-refractivity contribution < 1.29 is 4.74 Å². The van der Waals surface area contributed by atoms with Crippen LogP contribution in [0.1, 0.15) is 18.9 Å². The third-order valence-electron chi connectivity index (χ3n) is 3.19. The lowest BCUT2D eigenvalue weighted by Gasteiger charge is -2.31.